The highest BCUT2D eigenvalue weighted by Gasteiger charge is 2.32. The van der Waals surface area contributed by atoms with Crippen LogP contribution in [-0.2, 0) is 0 Å². The predicted octanol–water partition coefficient (Wildman–Crippen LogP) is 4.71. The van der Waals surface area contributed by atoms with Gasteiger partial charge in [-0.2, -0.15) is 0 Å². The lowest BCUT2D eigenvalue weighted by Gasteiger charge is -2.15. The van der Waals surface area contributed by atoms with Crippen molar-refractivity contribution in [3.63, 3.8) is 0 Å². The maximum absolute atomic E-state index is 13.0. The normalized spacial score (nSPS) is 12.4. The number of rotatable bonds is 1. The molecule has 108 valence electrons. The number of ketones is 1. The van der Waals surface area contributed by atoms with E-state index in [1.165, 1.54) is 0 Å². The Labute approximate surface area is 132 Å². The number of fused-ring (bicyclic) bond motifs is 2. The summed E-state index contributed by atoms with van der Waals surface area (Å²) in [5.74, 6) is 0.515. The van der Waals surface area contributed by atoms with E-state index in [-0.39, 0.29) is 5.78 Å². The molecule has 4 aromatic rings. The topological polar surface area (TPSA) is 43.1 Å². The number of carbonyl (C=O) groups is 1. The van der Waals surface area contributed by atoms with E-state index in [0.29, 0.717) is 22.6 Å². The Bertz CT molecular complexity index is 1070. The van der Waals surface area contributed by atoms with Gasteiger partial charge in [0.2, 0.25) is 0 Å². The van der Waals surface area contributed by atoms with Crippen LogP contribution in [0.1, 0.15) is 15.9 Å². The molecular formula is C20H11NO2. The zero-order chi connectivity index (χ0) is 15.4. The molecule has 3 nitrogen and oxygen atoms in total. The Balaban J connectivity index is 1.89. The van der Waals surface area contributed by atoms with Crippen molar-refractivity contribution in [2.75, 3.05) is 0 Å². The van der Waals surface area contributed by atoms with E-state index < -0.39 is 0 Å². The average molecular weight is 297 g/mol. The Morgan fingerprint density at radius 3 is 2.30 bits per heavy atom. The van der Waals surface area contributed by atoms with Gasteiger partial charge in [0.25, 0.3) is 0 Å². The molecule has 0 amide bonds. The van der Waals surface area contributed by atoms with Gasteiger partial charge >= 0.3 is 0 Å². The predicted molar refractivity (Wildman–Crippen MR) is 88.3 cm³/mol. The standard InChI is InChI=1S/C20H11NO2/c22-19-15-11-5-9-12-8-4-10-14(16(12)15)18-17(19)20(23-21-18)13-6-2-1-3-7-13/h1-11H. The first-order valence-electron chi connectivity index (χ1n) is 7.46. The first-order valence-corrected chi connectivity index (χ1v) is 7.46. The van der Waals surface area contributed by atoms with E-state index in [2.05, 4.69) is 5.16 Å². The van der Waals surface area contributed by atoms with Crippen molar-refractivity contribution in [3.8, 4) is 22.6 Å². The van der Waals surface area contributed by atoms with Crippen LogP contribution in [0.15, 0.2) is 71.3 Å². The quantitative estimate of drug-likeness (QED) is 0.450. The molecule has 3 aromatic carbocycles. The summed E-state index contributed by atoms with van der Waals surface area (Å²) < 4.78 is 5.57. The minimum Gasteiger partial charge on any atom is -0.355 e. The molecule has 5 rings (SSSR count). The second-order valence-electron chi connectivity index (χ2n) is 5.64. The number of benzene rings is 3. The van der Waals surface area contributed by atoms with Crippen molar-refractivity contribution in [1.29, 1.82) is 0 Å². The minimum absolute atomic E-state index is 0.0237. The Hall–Kier alpha value is -3.20. The molecule has 0 unspecified atom stereocenters. The third-order valence-electron chi connectivity index (χ3n) is 4.36. The van der Waals surface area contributed by atoms with Crippen LogP contribution in [0.4, 0.5) is 0 Å². The van der Waals surface area contributed by atoms with Gasteiger partial charge in [-0.25, -0.2) is 0 Å². The van der Waals surface area contributed by atoms with Gasteiger partial charge in [0.15, 0.2) is 11.5 Å². The third kappa shape index (κ3) is 1.59. The van der Waals surface area contributed by atoms with Gasteiger partial charge in [-0.05, 0) is 5.39 Å². The maximum atomic E-state index is 13.0. The molecule has 23 heavy (non-hydrogen) atoms. The summed E-state index contributed by atoms with van der Waals surface area (Å²) in [6.07, 6.45) is 0. The summed E-state index contributed by atoms with van der Waals surface area (Å²) in [6, 6.07) is 21.4. The smallest absolute Gasteiger partial charge is 0.199 e. The van der Waals surface area contributed by atoms with Crippen molar-refractivity contribution in [3.05, 3.63) is 77.9 Å². The fourth-order valence-corrected chi connectivity index (χ4v) is 3.33. The zero-order valence-electron chi connectivity index (χ0n) is 12.1. The Kier molecular flexibility index (Phi) is 2.36. The van der Waals surface area contributed by atoms with Gasteiger partial charge in [-0.1, -0.05) is 71.9 Å². The molecule has 0 atom stereocenters. The fourth-order valence-electron chi connectivity index (χ4n) is 3.33. The van der Waals surface area contributed by atoms with Crippen molar-refractivity contribution in [2.45, 2.75) is 0 Å². The Morgan fingerprint density at radius 1 is 0.783 bits per heavy atom. The summed E-state index contributed by atoms with van der Waals surface area (Å²) >= 11 is 0. The highest BCUT2D eigenvalue weighted by molar-refractivity contribution is 6.27. The summed E-state index contributed by atoms with van der Waals surface area (Å²) in [5.41, 5.74) is 3.73. The van der Waals surface area contributed by atoms with Crippen molar-refractivity contribution in [2.24, 2.45) is 0 Å². The van der Waals surface area contributed by atoms with E-state index >= 15 is 0 Å². The molecule has 0 bridgehead atoms. The second kappa shape index (κ2) is 4.40. The number of nitrogens with zero attached hydrogens (tertiary/aromatic N) is 1. The van der Waals surface area contributed by atoms with Crippen molar-refractivity contribution in [1.82, 2.24) is 5.16 Å². The lowest BCUT2D eigenvalue weighted by molar-refractivity contribution is 0.104. The molecule has 0 saturated heterocycles. The van der Waals surface area contributed by atoms with Crippen molar-refractivity contribution >= 4 is 16.6 Å². The summed E-state index contributed by atoms with van der Waals surface area (Å²) in [5, 5.41) is 6.22. The zero-order valence-corrected chi connectivity index (χ0v) is 12.1. The fraction of sp³-hybridized carbons (Fsp3) is 0. The highest BCUT2D eigenvalue weighted by Crippen LogP contribution is 2.42. The van der Waals surface area contributed by atoms with Gasteiger partial charge < -0.3 is 4.52 Å². The molecule has 0 radical (unpaired) electrons. The molecule has 1 aliphatic carbocycles. The first kappa shape index (κ1) is 12.4. The largest absolute Gasteiger partial charge is 0.355 e. The van der Waals surface area contributed by atoms with E-state index in [0.717, 1.165) is 21.9 Å². The minimum atomic E-state index is -0.0237. The van der Waals surface area contributed by atoms with Crippen LogP contribution in [0.25, 0.3) is 33.4 Å². The molecule has 1 heterocycles. The molecule has 0 fully saturated rings. The lowest BCUT2D eigenvalue weighted by Crippen LogP contribution is -2.09. The molecule has 0 N–H and O–H groups in total. The van der Waals surface area contributed by atoms with E-state index in [9.17, 15) is 4.79 Å². The van der Waals surface area contributed by atoms with E-state index in [1.807, 2.05) is 66.7 Å². The van der Waals surface area contributed by atoms with Gasteiger partial charge in [0, 0.05) is 22.1 Å². The number of hydrogen-bond acceptors (Lipinski definition) is 3. The highest BCUT2D eigenvalue weighted by atomic mass is 16.5. The average Bonchev–Trinajstić information content (AvgIpc) is 3.06. The molecular weight excluding hydrogens is 286 g/mol. The Morgan fingerprint density at radius 2 is 1.52 bits per heavy atom. The van der Waals surface area contributed by atoms with Crippen LogP contribution in [0.2, 0.25) is 0 Å². The SMILES string of the molecule is O=C1c2c(noc2-c2ccccc2)-c2cccc3cccc1c23. The van der Waals surface area contributed by atoms with E-state index in [4.69, 9.17) is 4.52 Å². The van der Waals surface area contributed by atoms with E-state index in [1.54, 1.807) is 0 Å². The van der Waals surface area contributed by atoms with Gasteiger partial charge in [-0.15, -0.1) is 0 Å². The van der Waals surface area contributed by atoms with Gasteiger partial charge in [-0.3, -0.25) is 4.79 Å². The number of carbonyl (C=O) groups excluding carboxylic acids is 1. The first-order chi connectivity index (χ1) is 11.3. The van der Waals surface area contributed by atoms with Gasteiger partial charge in [0.05, 0.1) is 5.56 Å². The van der Waals surface area contributed by atoms with Crippen LogP contribution in [0.5, 0.6) is 0 Å². The van der Waals surface area contributed by atoms with Crippen molar-refractivity contribution < 1.29 is 9.32 Å². The van der Waals surface area contributed by atoms with Crippen LogP contribution < -0.4 is 0 Å². The molecule has 3 heteroatoms. The second-order valence-corrected chi connectivity index (χ2v) is 5.64. The van der Waals surface area contributed by atoms with Crippen LogP contribution in [-0.4, -0.2) is 10.9 Å². The van der Waals surface area contributed by atoms with Crippen LogP contribution in [0, 0.1) is 0 Å². The van der Waals surface area contributed by atoms with Gasteiger partial charge in [0.1, 0.15) is 5.69 Å². The monoisotopic (exact) mass is 297 g/mol. The number of hydrogen-bond donors (Lipinski definition) is 0. The maximum Gasteiger partial charge on any atom is 0.199 e. The summed E-state index contributed by atoms with van der Waals surface area (Å²) in [7, 11) is 0. The lowest BCUT2D eigenvalue weighted by atomic mass is 9.85. The summed E-state index contributed by atoms with van der Waals surface area (Å²) in [4.78, 5) is 13.0. The molecule has 1 aliphatic rings. The van der Waals surface area contributed by atoms with Crippen LogP contribution >= 0.6 is 0 Å². The molecule has 0 aliphatic heterocycles. The van der Waals surface area contributed by atoms with Crippen LogP contribution in [0.3, 0.4) is 0 Å². The molecule has 0 saturated carbocycles. The molecule has 0 spiro atoms. The third-order valence-corrected chi connectivity index (χ3v) is 4.36. The molecule has 1 aromatic heterocycles. The number of aromatic nitrogens is 1. The summed E-state index contributed by atoms with van der Waals surface area (Å²) in [6.45, 7) is 0.